The summed E-state index contributed by atoms with van der Waals surface area (Å²) in [5.74, 6) is 0. The van der Waals surface area contributed by atoms with Crippen LogP contribution in [0.2, 0.25) is 0 Å². The molecular formula is C50H33NO. The molecule has 52 heavy (non-hydrogen) atoms. The molecule has 0 aliphatic heterocycles. The van der Waals surface area contributed by atoms with Crippen LogP contribution < -0.4 is 4.90 Å². The SMILES string of the molecule is c1ccc(-c2ccc(N(c3cccc(-c4cccc5cccc(-c6ccccc6)c45)c3)c3cccc4oc5c6ccccc6ccc5c34)cc2)cc1. The van der Waals surface area contributed by atoms with Crippen LogP contribution >= 0.6 is 0 Å². The lowest BCUT2D eigenvalue weighted by Crippen LogP contribution is -2.10. The molecule has 0 fully saturated rings. The smallest absolute Gasteiger partial charge is 0.143 e. The Morgan fingerprint density at radius 2 is 0.962 bits per heavy atom. The highest BCUT2D eigenvalue weighted by Crippen LogP contribution is 2.46. The lowest BCUT2D eigenvalue weighted by Gasteiger charge is -2.27. The average molecular weight is 664 g/mol. The second-order valence-corrected chi connectivity index (χ2v) is 13.3. The summed E-state index contributed by atoms with van der Waals surface area (Å²) < 4.78 is 6.68. The predicted molar refractivity (Wildman–Crippen MR) is 220 cm³/mol. The van der Waals surface area contributed by atoms with Gasteiger partial charge in [-0.3, -0.25) is 0 Å². The second-order valence-electron chi connectivity index (χ2n) is 13.3. The predicted octanol–water partition coefficient (Wildman–Crippen LogP) is 14.4. The molecule has 0 saturated carbocycles. The first kappa shape index (κ1) is 30.0. The van der Waals surface area contributed by atoms with Gasteiger partial charge in [0.25, 0.3) is 0 Å². The summed E-state index contributed by atoms with van der Waals surface area (Å²) in [6.07, 6.45) is 0. The number of fused-ring (bicyclic) bond motifs is 6. The van der Waals surface area contributed by atoms with Gasteiger partial charge in [0.15, 0.2) is 0 Å². The molecule has 9 aromatic carbocycles. The summed E-state index contributed by atoms with van der Waals surface area (Å²) in [6.45, 7) is 0. The number of hydrogen-bond donors (Lipinski definition) is 0. The fourth-order valence-corrected chi connectivity index (χ4v) is 7.83. The zero-order valence-corrected chi connectivity index (χ0v) is 28.4. The molecule has 1 heterocycles. The van der Waals surface area contributed by atoms with E-state index in [0.717, 1.165) is 50.0 Å². The van der Waals surface area contributed by atoms with Crippen LogP contribution in [0, 0.1) is 0 Å². The van der Waals surface area contributed by atoms with E-state index < -0.39 is 0 Å². The summed E-state index contributed by atoms with van der Waals surface area (Å²) in [6, 6.07) is 71.6. The summed E-state index contributed by atoms with van der Waals surface area (Å²) >= 11 is 0. The number of rotatable bonds is 6. The minimum atomic E-state index is 0.868. The van der Waals surface area contributed by atoms with Crippen LogP contribution in [0.4, 0.5) is 17.1 Å². The Balaban J connectivity index is 1.20. The molecule has 1 aromatic heterocycles. The Bertz CT molecular complexity index is 2880. The third-order valence-electron chi connectivity index (χ3n) is 10.2. The van der Waals surface area contributed by atoms with E-state index in [-0.39, 0.29) is 0 Å². The standard InChI is InChI=1S/C50H33NO/c1-3-13-34(14-4-1)35-27-30-40(31-28-35)51(46-25-12-26-47-49(46)45-32-29-37-17-7-8-22-44(37)50(45)52-47)41-21-9-20-39(33-41)43-24-11-19-38-18-10-23-42(48(38)43)36-15-5-2-6-16-36/h1-33H. The van der Waals surface area contributed by atoms with E-state index in [0.29, 0.717) is 0 Å². The molecule has 0 aliphatic rings. The first-order chi connectivity index (χ1) is 25.8. The third-order valence-corrected chi connectivity index (χ3v) is 10.2. The Morgan fingerprint density at radius 3 is 1.75 bits per heavy atom. The highest BCUT2D eigenvalue weighted by Gasteiger charge is 2.21. The zero-order valence-electron chi connectivity index (χ0n) is 28.4. The largest absolute Gasteiger partial charge is 0.455 e. The van der Waals surface area contributed by atoms with Crippen molar-refractivity contribution in [3.05, 3.63) is 200 Å². The van der Waals surface area contributed by atoms with Gasteiger partial charge in [-0.05, 0) is 92.0 Å². The van der Waals surface area contributed by atoms with Gasteiger partial charge < -0.3 is 9.32 Å². The minimum Gasteiger partial charge on any atom is -0.455 e. The fourth-order valence-electron chi connectivity index (χ4n) is 7.83. The van der Waals surface area contributed by atoms with Gasteiger partial charge in [0.1, 0.15) is 11.2 Å². The molecule has 0 bridgehead atoms. The number of hydrogen-bond acceptors (Lipinski definition) is 2. The molecule has 10 aromatic rings. The molecule has 2 heteroatoms. The Morgan fingerprint density at radius 1 is 0.346 bits per heavy atom. The van der Waals surface area contributed by atoms with Gasteiger partial charge in [-0.2, -0.15) is 0 Å². The quantitative estimate of drug-likeness (QED) is 0.176. The molecule has 0 spiro atoms. The van der Waals surface area contributed by atoms with Crippen molar-refractivity contribution >= 4 is 60.5 Å². The molecule has 244 valence electrons. The van der Waals surface area contributed by atoms with Gasteiger partial charge in [0.2, 0.25) is 0 Å². The maximum atomic E-state index is 6.68. The lowest BCUT2D eigenvalue weighted by molar-refractivity contribution is 0.672. The number of benzene rings is 9. The second kappa shape index (κ2) is 12.5. The molecule has 0 atom stereocenters. The average Bonchev–Trinajstić information content (AvgIpc) is 3.62. The van der Waals surface area contributed by atoms with E-state index in [4.69, 9.17) is 4.42 Å². The van der Waals surface area contributed by atoms with Crippen molar-refractivity contribution in [2.24, 2.45) is 0 Å². The summed E-state index contributed by atoms with van der Waals surface area (Å²) in [5.41, 5.74) is 12.2. The van der Waals surface area contributed by atoms with Crippen LogP contribution in [-0.2, 0) is 0 Å². The number of nitrogens with zero attached hydrogens (tertiary/aromatic N) is 1. The maximum Gasteiger partial charge on any atom is 0.143 e. The molecule has 0 amide bonds. The van der Waals surface area contributed by atoms with Crippen molar-refractivity contribution in [1.29, 1.82) is 0 Å². The van der Waals surface area contributed by atoms with Gasteiger partial charge in [-0.1, -0.05) is 158 Å². The van der Waals surface area contributed by atoms with Gasteiger partial charge in [0, 0.05) is 22.1 Å². The third kappa shape index (κ3) is 5.04. The first-order valence-electron chi connectivity index (χ1n) is 17.8. The zero-order chi connectivity index (χ0) is 34.4. The van der Waals surface area contributed by atoms with Gasteiger partial charge in [-0.25, -0.2) is 0 Å². The van der Waals surface area contributed by atoms with Gasteiger partial charge >= 0.3 is 0 Å². The number of furan rings is 1. The molecule has 2 nitrogen and oxygen atoms in total. The van der Waals surface area contributed by atoms with Crippen molar-refractivity contribution in [3.8, 4) is 33.4 Å². The minimum absolute atomic E-state index is 0.868. The molecule has 0 saturated heterocycles. The van der Waals surface area contributed by atoms with Crippen molar-refractivity contribution in [2.75, 3.05) is 4.90 Å². The van der Waals surface area contributed by atoms with E-state index in [1.165, 1.54) is 44.0 Å². The molecule has 0 N–H and O–H groups in total. The van der Waals surface area contributed by atoms with E-state index in [1.54, 1.807) is 0 Å². The van der Waals surface area contributed by atoms with E-state index in [2.05, 4.69) is 205 Å². The van der Waals surface area contributed by atoms with E-state index >= 15 is 0 Å². The van der Waals surface area contributed by atoms with Crippen LogP contribution in [-0.4, -0.2) is 0 Å². The summed E-state index contributed by atoms with van der Waals surface area (Å²) in [7, 11) is 0. The van der Waals surface area contributed by atoms with Crippen LogP contribution in [0.25, 0.3) is 76.9 Å². The lowest BCUT2D eigenvalue weighted by atomic mass is 9.91. The maximum absolute atomic E-state index is 6.68. The summed E-state index contributed by atoms with van der Waals surface area (Å²) in [4.78, 5) is 2.38. The normalized spacial score (nSPS) is 11.5. The van der Waals surface area contributed by atoms with Crippen LogP contribution in [0.1, 0.15) is 0 Å². The molecule has 10 rings (SSSR count). The summed E-state index contributed by atoms with van der Waals surface area (Å²) in [5, 5.41) is 6.96. The molecule has 0 unspecified atom stereocenters. The first-order valence-corrected chi connectivity index (χ1v) is 17.8. The highest BCUT2D eigenvalue weighted by molar-refractivity contribution is 6.19. The van der Waals surface area contributed by atoms with E-state index in [1.807, 2.05) is 0 Å². The van der Waals surface area contributed by atoms with Gasteiger partial charge in [-0.15, -0.1) is 0 Å². The van der Waals surface area contributed by atoms with Crippen LogP contribution in [0.15, 0.2) is 205 Å². The van der Waals surface area contributed by atoms with E-state index in [9.17, 15) is 0 Å². The molecular weight excluding hydrogens is 631 g/mol. The fraction of sp³-hybridized carbons (Fsp3) is 0. The van der Waals surface area contributed by atoms with Crippen molar-refractivity contribution in [3.63, 3.8) is 0 Å². The Hall–Kier alpha value is -6.90. The van der Waals surface area contributed by atoms with Crippen molar-refractivity contribution < 1.29 is 4.42 Å². The monoisotopic (exact) mass is 663 g/mol. The van der Waals surface area contributed by atoms with Crippen LogP contribution in [0.3, 0.4) is 0 Å². The topological polar surface area (TPSA) is 16.4 Å². The molecule has 0 radical (unpaired) electrons. The Kier molecular flexibility index (Phi) is 7.18. The van der Waals surface area contributed by atoms with Crippen molar-refractivity contribution in [2.45, 2.75) is 0 Å². The highest BCUT2D eigenvalue weighted by atomic mass is 16.3. The van der Waals surface area contributed by atoms with Gasteiger partial charge in [0.05, 0.1) is 11.1 Å². The Labute approximate surface area is 302 Å². The molecule has 0 aliphatic carbocycles. The van der Waals surface area contributed by atoms with Crippen LogP contribution in [0.5, 0.6) is 0 Å². The van der Waals surface area contributed by atoms with Crippen molar-refractivity contribution in [1.82, 2.24) is 0 Å². The number of anilines is 3.